The van der Waals surface area contributed by atoms with Crippen molar-refractivity contribution >= 4 is 23.4 Å². The van der Waals surface area contributed by atoms with Crippen LogP contribution in [0.15, 0.2) is 36.4 Å². The second kappa shape index (κ2) is 10.3. The molecular weight excluding hydrogens is 458 g/mol. The SMILES string of the molecule is CCOCCCN1C(=O)[C@H]2[C@@H](C(=O)Nc3ccc(C)cc3)[C@H]3C=C[C@@]2(O3)[C@H]1C(=O)NC1CCCCC1. The van der Waals surface area contributed by atoms with Crippen molar-refractivity contribution in [2.75, 3.05) is 25.1 Å². The van der Waals surface area contributed by atoms with E-state index in [1.807, 2.05) is 50.3 Å². The van der Waals surface area contributed by atoms with Gasteiger partial charge < -0.3 is 25.0 Å². The summed E-state index contributed by atoms with van der Waals surface area (Å²) in [5.41, 5.74) is 0.650. The van der Waals surface area contributed by atoms with E-state index < -0.39 is 29.6 Å². The summed E-state index contributed by atoms with van der Waals surface area (Å²) < 4.78 is 11.9. The summed E-state index contributed by atoms with van der Waals surface area (Å²) in [5, 5.41) is 6.18. The molecule has 8 heteroatoms. The number of hydrogen-bond acceptors (Lipinski definition) is 5. The highest BCUT2D eigenvalue weighted by atomic mass is 16.5. The normalized spacial score (nSPS) is 31.1. The van der Waals surface area contributed by atoms with Crippen molar-refractivity contribution in [3.05, 3.63) is 42.0 Å². The lowest BCUT2D eigenvalue weighted by atomic mass is 9.74. The average molecular weight is 496 g/mol. The Hall–Kier alpha value is -2.71. The molecule has 2 bridgehead atoms. The Bertz CT molecular complexity index is 1020. The number of likely N-dealkylation sites (tertiary alicyclic amines) is 1. The molecule has 3 fully saturated rings. The molecule has 5 rings (SSSR count). The fourth-order valence-corrected chi connectivity index (χ4v) is 6.38. The molecule has 3 amide bonds. The van der Waals surface area contributed by atoms with E-state index in [-0.39, 0.29) is 23.8 Å². The van der Waals surface area contributed by atoms with Crippen LogP contribution in [0.3, 0.4) is 0 Å². The molecular formula is C28H37N3O5. The number of nitrogens with one attached hydrogen (secondary N) is 2. The molecule has 8 nitrogen and oxygen atoms in total. The molecule has 5 atom stereocenters. The Morgan fingerprint density at radius 1 is 1.14 bits per heavy atom. The summed E-state index contributed by atoms with van der Waals surface area (Å²) >= 11 is 0. The van der Waals surface area contributed by atoms with Crippen LogP contribution in [0.4, 0.5) is 5.69 Å². The van der Waals surface area contributed by atoms with Crippen molar-refractivity contribution in [2.45, 2.75) is 76.2 Å². The number of fused-ring (bicyclic) bond motifs is 1. The molecule has 1 saturated carbocycles. The molecule has 4 aliphatic rings. The van der Waals surface area contributed by atoms with Gasteiger partial charge in [0.2, 0.25) is 17.7 Å². The molecule has 1 aromatic carbocycles. The summed E-state index contributed by atoms with van der Waals surface area (Å²) in [7, 11) is 0. The number of carbonyl (C=O) groups excluding carboxylic acids is 3. The third-order valence-corrected chi connectivity index (χ3v) is 8.09. The van der Waals surface area contributed by atoms with Crippen LogP contribution < -0.4 is 10.6 Å². The highest BCUT2D eigenvalue weighted by molar-refractivity contribution is 6.02. The van der Waals surface area contributed by atoms with Gasteiger partial charge in [0.1, 0.15) is 11.6 Å². The van der Waals surface area contributed by atoms with Gasteiger partial charge in [0.15, 0.2) is 0 Å². The number of benzene rings is 1. The Kier molecular flexibility index (Phi) is 7.17. The first-order chi connectivity index (χ1) is 17.4. The lowest BCUT2D eigenvalue weighted by Gasteiger charge is -2.34. The molecule has 2 N–H and O–H groups in total. The van der Waals surface area contributed by atoms with Crippen molar-refractivity contribution in [1.29, 1.82) is 0 Å². The monoisotopic (exact) mass is 495 g/mol. The largest absolute Gasteiger partial charge is 0.382 e. The average Bonchev–Trinajstić information content (AvgIpc) is 3.51. The van der Waals surface area contributed by atoms with Crippen LogP contribution in [0.5, 0.6) is 0 Å². The van der Waals surface area contributed by atoms with Gasteiger partial charge in [-0.15, -0.1) is 0 Å². The maximum absolute atomic E-state index is 13.9. The molecule has 1 aliphatic carbocycles. The number of carbonyl (C=O) groups is 3. The van der Waals surface area contributed by atoms with Gasteiger partial charge >= 0.3 is 0 Å². The van der Waals surface area contributed by atoms with Crippen molar-refractivity contribution in [3.8, 4) is 0 Å². The van der Waals surface area contributed by atoms with Crippen LogP contribution in [-0.2, 0) is 23.9 Å². The number of anilines is 1. The Morgan fingerprint density at radius 3 is 2.61 bits per heavy atom. The molecule has 3 heterocycles. The van der Waals surface area contributed by atoms with Gasteiger partial charge in [0.25, 0.3) is 0 Å². The molecule has 3 aliphatic heterocycles. The molecule has 0 aromatic heterocycles. The first kappa shape index (κ1) is 25.0. The number of amides is 3. The van der Waals surface area contributed by atoms with Crippen molar-refractivity contribution in [2.24, 2.45) is 11.8 Å². The molecule has 1 spiro atoms. The van der Waals surface area contributed by atoms with Crippen LogP contribution in [0.2, 0.25) is 0 Å². The predicted octanol–water partition coefficient (Wildman–Crippen LogP) is 2.96. The van der Waals surface area contributed by atoms with Crippen LogP contribution in [0.1, 0.15) is 51.0 Å². The summed E-state index contributed by atoms with van der Waals surface area (Å²) in [6.45, 7) is 5.40. The van der Waals surface area contributed by atoms with E-state index in [0.29, 0.717) is 31.9 Å². The summed E-state index contributed by atoms with van der Waals surface area (Å²) in [5.74, 6) is -2.04. The number of aryl methyl sites for hydroxylation is 1. The Balaban J connectivity index is 1.40. The Morgan fingerprint density at radius 2 is 1.89 bits per heavy atom. The number of rotatable bonds is 9. The second-order valence-electron chi connectivity index (χ2n) is 10.5. The number of hydrogen-bond donors (Lipinski definition) is 2. The zero-order chi connectivity index (χ0) is 25.3. The van der Waals surface area contributed by atoms with Crippen LogP contribution in [0.25, 0.3) is 0 Å². The lowest BCUT2D eigenvalue weighted by Crippen LogP contribution is -2.56. The first-order valence-electron chi connectivity index (χ1n) is 13.4. The minimum atomic E-state index is -1.12. The molecule has 2 saturated heterocycles. The first-order valence-corrected chi connectivity index (χ1v) is 13.4. The predicted molar refractivity (Wildman–Crippen MR) is 135 cm³/mol. The topological polar surface area (TPSA) is 97.0 Å². The summed E-state index contributed by atoms with van der Waals surface area (Å²) in [6.07, 6.45) is 9.09. The van der Waals surface area contributed by atoms with Crippen LogP contribution in [-0.4, -0.2) is 66.2 Å². The van der Waals surface area contributed by atoms with Crippen LogP contribution >= 0.6 is 0 Å². The summed E-state index contributed by atoms with van der Waals surface area (Å²) in [4.78, 5) is 42.7. The van der Waals surface area contributed by atoms with Gasteiger partial charge in [-0.25, -0.2) is 0 Å². The molecule has 0 unspecified atom stereocenters. The van der Waals surface area contributed by atoms with E-state index >= 15 is 0 Å². The van der Waals surface area contributed by atoms with Gasteiger partial charge in [0.05, 0.1) is 17.9 Å². The highest BCUT2D eigenvalue weighted by Crippen LogP contribution is 2.55. The molecule has 194 valence electrons. The lowest BCUT2D eigenvalue weighted by molar-refractivity contribution is -0.141. The van der Waals surface area contributed by atoms with Gasteiger partial charge in [0, 0.05) is 31.5 Å². The molecule has 1 aromatic rings. The standard InChI is InChI=1S/C28H37N3O5/c1-3-35-17-7-16-31-24(26(33)30-19-8-5-4-6-9-19)28-15-14-21(36-28)22(23(28)27(31)34)25(32)29-20-12-10-18(2)11-13-20/h10-15,19,21-24H,3-9,16-17H2,1-2H3,(H,29,32)(H,30,33)/t21-,22+,23-,24-,28+/m1/s1. The molecule has 36 heavy (non-hydrogen) atoms. The highest BCUT2D eigenvalue weighted by Gasteiger charge is 2.72. The number of nitrogens with zero attached hydrogens (tertiary/aromatic N) is 1. The maximum Gasteiger partial charge on any atom is 0.246 e. The van der Waals surface area contributed by atoms with Gasteiger partial charge in [-0.05, 0) is 45.2 Å². The fraction of sp³-hybridized carbons (Fsp3) is 0.607. The minimum absolute atomic E-state index is 0.116. The van der Waals surface area contributed by atoms with Crippen molar-refractivity contribution in [1.82, 2.24) is 10.2 Å². The Labute approximate surface area is 212 Å². The number of ether oxygens (including phenoxy) is 2. The third-order valence-electron chi connectivity index (χ3n) is 8.09. The van der Waals surface area contributed by atoms with Gasteiger partial charge in [-0.2, -0.15) is 0 Å². The summed E-state index contributed by atoms with van der Waals surface area (Å²) in [6, 6.07) is 6.89. The quantitative estimate of drug-likeness (QED) is 0.406. The van der Waals surface area contributed by atoms with E-state index in [1.54, 1.807) is 4.90 Å². The van der Waals surface area contributed by atoms with Gasteiger partial charge in [-0.3, -0.25) is 14.4 Å². The maximum atomic E-state index is 13.9. The van der Waals surface area contributed by atoms with E-state index in [4.69, 9.17) is 9.47 Å². The van der Waals surface area contributed by atoms with E-state index in [1.165, 1.54) is 6.42 Å². The van der Waals surface area contributed by atoms with E-state index in [0.717, 1.165) is 31.2 Å². The van der Waals surface area contributed by atoms with E-state index in [9.17, 15) is 14.4 Å². The third kappa shape index (κ3) is 4.45. The van der Waals surface area contributed by atoms with Crippen molar-refractivity contribution < 1.29 is 23.9 Å². The van der Waals surface area contributed by atoms with Gasteiger partial charge in [-0.1, -0.05) is 49.1 Å². The molecule has 0 radical (unpaired) electrons. The second-order valence-corrected chi connectivity index (χ2v) is 10.5. The zero-order valence-electron chi connectivity index (χ0n) is 21.2. The van der Waals surface area contributed by atoms with Crippen molar-refractivity contribution in [3.63, 3.8) is 0 Å². The fourth-order valence-electron chi connectivity index (χ4n) is 6.38. The van der Waals surface area contributed by atoms with Crippen LogP contribution in [0, 0.1) is 18.8 Å². The zero-order valence-corrected chi connectivity index (χ0v) is 21.2. The minimum Gasteiger partial charge on any atom is -0.382 e. The van der Waals surface area contributed by atoms with E-state index in [2.05, 4.69) is 10.6 Å². The smallest absolute Gasteiger partial charge is 0.246 e.